The zero-order chi connectivity index (χ0) is 20.3. The summed E-state index contributed by atoms with van der Waals surface area (Å²) in [5.41, 5.74) is 3.29. The third-order valence-electron chi connectivity index (χ3n) is 4.70. The summed E-state index contributed by atoms with van der Waals surface area (Å²) in [6, 6.07) is 21.2. The number of nitrogens with zero attached hydrogens (tertiary/aromatic N) is 2. The Balaban J connectivity index is 1.55. The maximum Gasteiger partial charge on any atom is 0.251 e. The SMILES string of the molecule is CCCCCCCNC(=O)c1cccc(Nc2ccc(-c3ccccc3)nn2)c1. The molecule has 1 heterocycles. The van der Waals surface area contributed by atoms with Crippen molar-refractivity contribution in [2.24, 2.45) is 0 Å². The Kier molecular flexibility index (Phi) is 7.75. The maximum atomic E-state index is 12.4. The van der Waals surface area contributed by atoms with E-state index in [4.69, 9.17) is 0 Å². The summed E-state index contributed by atoms with van der Waals surface area (Å²) in [5.74, 6) is 0.591. The van der Waals surface area contributed by atoms with Crippen molar-refractivity contribution < 1.29 is 4.79 Å². The second-order valence-corrected chi connectivity index (χ2v) is 7.05. The van der Waals surface area contributed by atoms with E-state index < -0.39 is 0 Å². The van der Waals surface area contributed by atoms with Crippen LogP contribution >= 0.6 is 0 Å². The molecular formula is C24H28N4O. The van der Waals surface area contributed by atoms with Gasteiger partial charge in [-0.2, -0.15) is 0 Å². The minimum atomic E-state index is -0.0466. The summed E-state index contributed by atoms with van der Waals surface area (Å²) in [6.45, 7) is 2.92. The van der Waals surface area contributed by atoms with Crippen molar-refractivity contribution in [2.45, 2.75) is 39.0 Å². The standard InChI is InChI=1S/C24H28N4O/c1-2-3-4-5-9-17-25-24(29)20-13-10-14-21(18-20)26-23-16-15-22(27-28-23)19-11-7-6-8-12-19/h6-8,10-16,18H,2-5,9,17H2,1H3,(H,25,29)(H,26,28). The third-order valence-corrected chi connectivity index (χ3v) is 4.70. The Morgan fingerprint density at radius 3 is 2.45 bits per heavy atom. The predicted molar refractivity (Wildman–Crippen MR) is 118 cm³/mol. The van der Waals surface area contributed by atoms with Crippen LogP contribution in [0.3, 0.4) is 0 Å². The molecule has 0 unspecified atom stereocenters. The molecule has 0 aliphatic rings. The van der Waals surface area contributed by atoms with Crippen molar-refractivity contribution in [3.8, 4) is 11.3 Å². The molecule has 0 bridgehead atoms. The predicted octanol–water partition coefficient (Wildman–Crippen LogP) is 5.59. The van der Waals surface area contributed by atoms with Gasteiger partial charge in [0.1, 0.15) is 0 Å². The van der Waals surface area contributed by atoms with E-state index in [1.54, 1.807) is 0 Å². The topological polar surface area (TPSA) is 66.9 Å². The second-order valence-electron chi connectivity index (χ2n) is 7.05. The number of rotatable bonds is 10. The molecule has 3 aromatic rings. The average Bonchev–Trinajstić information content (AvgIpc) is 2.77. The molecule has 1 aromatic heterocycles. The van der Waals surface area contributed by atoms with Crippen LogP contribution in [-0.4, -0.2) is 22.6 Å². The number of unbranched alkanes of at least 4 members (excludes halogenated alkanes) is 4. The van der Waals surface area contributed by atoms with Crippen molar-refractivity contribution in [1.82, 2.24) is 15.5 Å². The molecule has 29 heavy (non-hydrogen) atoms. The molecule has 0 radical (unpaired) electrons. The largest absolute Gasteiger partial charge is 0.352 e. The smallest absolute Gasteiger partial charge is 0.251 e. The molecule has 2 aromatic carbocycles. The Morgan fingerprint density at radius 1 is 0.862 bits per heavy atom. The fourth-order valence-corrected chi connectivity index (χ4v) is 3.08. The molecule has 0 aliphatic heterocycles. The summed E-state index contributed by atoms with van der Waals surface area (Å²) >= 11 is 0. The zero-order valence-corrected chi connectivity index (χ0v) is 16.9. The number of benzene rings is 2. The lowest BCUT2D eigenvalue weighted by Crippen LogP contribution is -2.24. The van der Waals surface area contributed by atoms with Crippen molar-refractivity contribution in [3.05, 3.63) is 72.3 Å². The van der Waals surface area contributed by atoms with Gasteiger partial charge in [-0.1, -0.05) is 69.0 Å². The fourth-order valence-electron chi connectivity index (χ4n) is 3.08. The van der Waals surface area contributed by atoms with Gasteiger partial charge in [-0.25, -0.2) is 0 Å². The van der Waals surface area contributed by atoms with Gasteiger partial charge in [0.25, 0.3) is 5.91 Å². The summed E-state index contributed by atoms with van der Waals surface area (Å²) in [4.78, 5) is 12.4. The molecule has 2 N–H and O–H groups in total. The fraction of sp³-hybridized carbons (Fsp3) is 0.292. The third kappa shape index (κ3) is 6.42. The number of carbonyl (C=O) groups excluding carboxylic acids is 1. The molecule has 1 amide bonds. The molecule has 0 aliphatic carbocycles. The quantitative estimate of drug-likeness (QED) is 0.445. The maximum absolute atomic E-state index is 12.4. The number of hydrogen-bond donors (Lipinski definition) is 2. The van der Waals surface area contributed by atoms with E-state index in [-0.39, 0.29) is 5.91 Å². The summed E-state index contributed by atoms with van der Waals surface area (Å²) < 4.78 is 0. The highest BCUT2D eigenvalue weighted by Gasteiger charge is 2.07. The monoisotopic (exact) mass is 388 g/mol. The molecule has 0 spiro atoms. The second kappa shape index (κ2) is 11.0. The number of aromatic nitrogens is 2. The van der Waals surface area contributed by atoms with Crippen molar-refractivity contribution >= 4 is 17.4 Å². The highest BCUT2D eigenvalue weighted by atomic mass is 16.1. The van der Waals surface area contributed by atoms with Gasteiger partial charge in [-0.15, -0.1) is 10.2 Å². The minimum absolute atomic E-state index is 0.0466. The van der Waals surface area contributed by atoms with E-state index in [0.717, 1.165) is 29.8 Å². The number of hydrogen-bond acceptors (Lipinski definition) is 4. The first-order valence-corrected chi connectivity index (χ1v) is 10.3. The Labute approximate surface area is 172 Å². The molecule has 5 nitrogen and oxygen atoms in total. The first-order chi connectivity index (χ1) is 14.3. The average molecular weight is 389 g/mol. The molecular weight excluding hydrogens is 360 g/mol. The van der Waals surface area contributed by atoms with Crippen LogP contribution in [0.25, 0.3) is 11.3 Å². The first kappa shape index (κ1) is 20.5. The van der Waals surface area contributed by atoms with Crippen LogP contribution in [-0.2, 0) is 0 Å². The first-order valence-electron chi connectivity index (χ1n) is 10.3. The van der Waals surface area contributed by atoms with Crippen LogP contribution in [0.5, 0.6) is 0 Å². The minimum Gasteiger partial charge on any atom is -0.352 e. The van der Waals surface area contributed by atoms with Gasteiger partial charge in [0.2, 0.25) is 0 Å². The van der Waals surface area contributed by atoms with Crippen LogP contribution in [0, 0.1) is 0 Å². The number of nitrogens with one attached hydrogen (secondary N) is 2. The number of anilines is 2. The Morgan fingerprint density at radius 2 is 1.69 bits per heavy atom. The van der Waals surface area contributed by atoms with Gasteiger partial charge >= 0.3 is 0 Å². The Hall–Kier alpha value is -3.21. The van der Waals surface area contributed by atoms with Gasteiger partial charge in [0.05, 0.1) is 5.69 Å². The van der Waals surface area contributed by atoms with Gasteiger partial charge < -0.3 is 10.6 Å². The number of amides is 1. The molecule has 0 atom stereocenters. The van der Waals surface area contributed by atoms with Crippen LogP contribution in [0.4, 0.5) is 11.5 Å². The van der Waals surface area contributed by atoms with Gasteiger partial charge in [0, 0.05) is 23.4 Å². The van der Waals surface area contributed by atoms with Crippen LogP contribution in [0.1, 0.15) is 49.4 Å². The zero-order valence-electron chi connectivity index (χ0n) is 16.9. The molecule has 0 fully saturated rings. The summed E-state index contributed by atoms with van der Waals surface area (Å²) in [7, 11) is 0. The lowest BCUT2D eigenvalue weighted by atomic mass is 10.1. The van der Waals surface area contributed by atoms with E-state index >= 15 is 0 Å². The molecule has 5 heteroatoms. The molecule has 150 valence electrons. The lowest BCUT2D eigenvalue weighted by molar-refractivity contribution is 0.0953. The van der Waals surface area contributed by atoms with Gasteiger partial charge in [0.15, 0.2) is 5.82 Å². The van der Waals surface area contributed by atoms with E-state index in [2.05, 4.69) is 27.8 Å². The van der Waals surface area contributed by atoms with Gasteiger partial charge in [-0.05, 0) is 36.8 Å². The van der Waals surface area contributed by atoms with E-state index in [0.29, 0.717) is 17.9 Å². The van der Waals surface area contributed by atoms with E-state index in [1.165, 1.54) is 19.3 Å². The normalized spacial score (nSPS) is 10.5. The van der Waals surface area contributed by atoms with E-state index in [1.807, 2.05) is 66.7 Å². The summed E-state index contributed by atoms with van der Waals surface area (Å²) in [5, 5.41) is 14.7. The van der Waals surface area contributed by atoms with Gasteiger partial charge in [-0.3, -0.25) is 4.79 Å². The van der Waals surface area contributed by atoms with Crippen molar-refractivity contribution in [2.75, 3.05) is 11.9 Å². The van der Waals surface area contributed by atoms with Crippen LogP contribution in [0.15, 0.2) is 66.7 Å². The van der Waals surface area contributed by atoms with E-state index in [9.17, 15) is 4.79 Å². The molecule has 0 saturated carbocycles. The molecule has 0 saturated heterocycles. The Bertz CT molecular complexity index is 894. The molecule has 3 rings (SSSR count). The van der Waals surface area contributed by atoms with Crippen molar-refractivity contribution in [3.63, 3.8) is 0 Å². The van der Waals surface area contributed by atoms with Crippen LogP contribution in [0.2, 0.25) is 0 Å². The highest BCUT2D eigenvalue weighted by molar-refractivity contribution is 5.95. The van der Waals surface area contributed by atoms with Crippen LogP contribution < -0.4 is 10.6 Å². The summed E-state index contributed by atoms with van der Waals surface area (Å²) in [6.07, 6.45) is 5.90. The lowest BCUT2D eigenvalue weighted by Gasteiger charge is -2.09. The highest BCUT2D eigenvalue weighted by Crippen LogP contribution is 2.19. The van der Waals surface area contributed by atoms with Crippen molar-refractivity contribution in [1.29, 1.82) is 0 Å². The number of carbonyl (C=O) groups is 1.